The van der Waals surface area contributed by atoms with Crippen LogP contribution in [0.3, 0.4) is 0 Å². The van der Waals surface area contributed by atoms with Gasteiger partial charge in [-0.3, -0.25) is 4.79 Å². The maximum atomic E-state index is 12.1. The number of benzene rings is 3. The minimum atomic E-state index is 0.0280. The average molecular weight is 276 g/mol. The third-order valence-corrected chi connectivity index (χ3v) is 3.73. The van der Waals surface area contributed by atoms with Crippen molar-refractivity contribution in [3.63, 3.8) is 0 Å². The predicted molar refractivity (Wildman–Crippen MR) is 85.7 cm³/mol. The maximum Gasteiger partial charge on any atom is 0.163 e. The molecule has 0 aliphatic carbocycles. The van der Waals surface area contributed by atoms with Gasteiger partial charge in [-0.15, -0.1) is 0 Å². The Kier molecular flexibility index (Phi) is 3.53. The molecule has 0 radical (unpaired) electrons. The summed E-state index contributed by atoms with van der Waals surface area (Å²) in [6.45, 7) is 1.51. The van der Waals surface area contributed by atoms with Crippen molar-refractivity contribution in [2.45, 2.75) is 19.8 Å². The van der Waals surface area contributed by atoms with E-state index in [1.807, 2.05) is 30.3 Å². The van der Waals surface area contributed by atoms with E-state index in [-0.39, 0.29) is 18.0 Å². The minimum Gasteiger partial charge on any atom is -0.300 e. The standard InChI is InChI=1S/C19H16O2/c1-13(20)6-9-19(21)17-8-7-16-10-14-4-2-3-5-15(14)11-18(16)12-17/h2-5,7-8,10-12H,6,9H2,1H3. The first-order chi connectivity index (χ1) is 10.1. The van der Waals surface area contributed by atoms with Gasteiger partial charge >= 0.3 is 0 Å². The lowest BCUT2D eigenvalue weighted by molar-refractivity contribution is -0.116. The van der Waals surface area contributed by atoms with Crippen LogP contribution in [0.25, 0.3) is 21.5 Å². The second-order valence-corrected chi connectivity index (χ2v) is 5.39. The number of rotatable bonds is 4. The molecular formula is C19H16O2. The zero-order valence-corrected chi connectivity index (χ0v) is 11.9. The molecule has 2 heteroatoms. The van der Waals surface area contributed by atoms with Crippen LogP contribution >= 0.6 is 0 Å². The van der Waals surface area contributed by atoms with Crippen molar-refractivity contribution in [2.75, 3.05) is 0 Å². The average Bonchev–Trinajstić information content (AvgIpc) is 2.50. The van der Waals surface area contributed by atoms with Crippen molar-refractivity contribution in [1.29, 1.82) is 0 Å². The fourth-order valence-corrected chi connectivity index (χ4v) is 2.55. The highest BCUT2D eigenvalue weighted by Crippen LogP contribution is 2.24. The van der Waals surface area contributed by atoms with Crippen molar-refractivity contribution in [1.82, 2.24) is 0 Å². The van der Waals surface area contributed by atoms with Crippen molar-refractivity contribution in [3.05, 3.63) is 60.2 Å². The topological polar surface area (TPSA) is 34.1 Å². The van der Waals surface area contributed by atoms with E-state index in [1.165, 1.54) is 17.7 Å². The van der Waals surface area contributed by atoms with Crippen LogP contribution < -0.4 is 0 Å². The van der Waals surface area contributed by atoms with Crippen molar-refractivity contribution >= 4 is 33.1 Å². The molecule has 3 aromatic carbocycles. The van der Waals surface area contributed by atoms with Gasteiger partial charge < -0.3 is 4.79 Å². The second-order valence-electron chi connectivity index (χ2n) is 5.39. The molecule has 3 rings (SSSR count). The van der Waals surface area contributed by atoms with Crippen LogP contribution in [0.5, 0.6) is 0 Å². The van der Waals surface area contributed by atoms with Gasteiger partial charge in [0.05, 0.1) is 0 Å². The van der Waals surface area contributed by atoms with Crippen LogP contribution in [0.4, 0.5) is 0 Å². The van der Waals surface area contributed by atoms with Crippen LogP contribution in [0.1, 0.15) is 30.1 Å². The highest BCUT2D eigenvalue weighted by atomic mass is 16.1. The Bertz CT molecular complexity index is 846. The summed E-state index contributed by atoms with van der Waals surface area (Å²) in [5.74, 6) is 0.0791. The Morgan fingerprint density at radius 1 is 0.762 bits per heavy atom. The van der Waals surface area contributed by atoms with Crippen molar-refractivity contribution in [3.8, 4) is 0 Å². The van der Waals surface area contributed by atoms with Gasteiger partial charge in [0.1, 0.15) is 5.78 Å². The summed E-state index contributed by atoms with van der Waals surface area (Å²) in [4.78, 5) is 23.1. The van der Waals surface area contributed by atoms with Gasteiger partial charge in [0.15, 0.2) is 5.78 Å². The quantitative estimate of drug-likeness (QED) is 0.517. The summed E-state index contributed by atoms with van der Waals surface area (Å²) in [7, 11) is 0. The summed E-state index contributed by atoms with van der Waals surface area (Å²) in [6, 6.07) is 18.2. The third-order valence-electron chi connectivity index (χ3n) is 3.73. The second kappa shape index (κ2) is 5.49. The summed E-state index contributed by atoms with van der Waals surface area (Å²) >= 11 is 0. The van der Waals surface area contributed by atoms with E-state index in [4.69, 9.17) is 0 Å². The van der Waals surface area contributed by atoms with E-state index in [9.17, 15) is 9.59 Å². The molecule has 0 N–H and O–H groups in total. The number of Topliss-reactive ketones (excluding diaryl/α,β-unsaturated/α-hetero) is 2. The summed E-state index contributed by atoms with van der Waals surface area (Å²) in [5, 5.41) is 4.54. The lowest BCUT2D eigenvalue weighted by atomic mass is 9.99. The molecule has 2 nitrogen and oxygen atoms in total. The fourth-order valence-electron chi connectivity index (χ4n) is 2.55. The molecule has 21 heavy (non-hydrogen) atoms. The van der Waals surface area contributed by atoms with Gasteiger partial charge in [-0.05, 0) is 46.7 Å². The summed E-state index contributed by atoms with van der Waals surface area (Å²) < 4.78 is 0. The number of hydrogen-bond acceptors (Lipinski definition) is 2. The molecule has 0 bridgehead atoms. The predicted octanol–water partition coefficient (Wildman–Crippen LogP) is 4.54. The number of carbonyl (C=O) groups excluding carboxylic acids is 2. The van der Waals surface area contributed by atoms with Crippen LogP contribution in [0.2, 0.25) is 0 Å². The minimum absolute atomic E-state index is 0.0280. The van der Waals surface area contributed by atoms with E-state index >= 15 is 0 Å². The molecule has 0 aromatic heterocycles. The molecule has 0 aliphatic heterocycles. The lowest BCUT2D eigenvalue weighted by Crippen LogP contribution is -2.02. The molecule has 0 atom stereocenters. The Labute approximate surface area is 123 Å². The maximum absolute atomic E-state index is 12.1. The van der Waals surface area contributed by atoms with Gasteiger partial charge in [-0.2, -0.15) is 0 Å². The Morgan fingerprint density at radius 3 is 2.05 bits per heavy atom. The lowest BCUT2D eigenvalue weighted by Gasteiger charge is -2.05. The Hall–Kier alpha value is -2.48. The zero-order valence-electron chi connectivity index (χ0n) is 11.9. The molecule has 3 aromatic rings. The van der Waals surface area contributed by atoms with Crippen molar-refractivity contribution < 1.29 is 9.59 Å². The zero-order chi connectivity index (χ0) is 14.8. The number of carbonyl (C=O) groups is 2. The van der Waals surface area contributed by atoms with Crippen LogP contribution in [-0.4, -0.2) is 11.6 Å². The number of fused-ring (bicyclic) bond motifs is 2. The normalized spacial score (nSPS) is 10.9. The molecule has 0 amide bonds. The highest BCUT2D eigenvalue weighted by Gasteiger charge is 2.08. The van der Waals surface area contributed by atoms with E-state index in [0.29, 0.717) is 12.0 Å². The first kappa shape index (κ1) is 13.5. The van der Waals surface area contributed by atoms with E-state index < -0.39 is 0 Å². The molecule has 0 saturated heterocycles. The van der Waals surface area contributed by atoms with E-state index in [0.717, 1.165) is 10.8 Å². The molecule has 0 fully saturated rings. The monoisotopic (exact) mass is 276 g/mol. The van der Waals surface area contributed by atoms with E-state index in [2.05, 4.69) is 24.3 Å². The van der Waals surface area contributed by atoms with Gasteiger partial charge in [0.2, 0.25) is 0 Å². The smallest absolute Gasteiger partial charge is 0.163 e. The van der Waals surface area contributed by atoms with Crippen LogP contribution in [-0.2, 0) is 4.79 Å². The molecule has 0 aliphatic rings. The molecule has 0 heterocycles. The molecule has 0 saturated carbocycles. The van der Waals surface area contributed by atoms with Crippen LogP contribution in [0.15, 0.2) is 54.6 Å². The Morgan fingerprint density at radius 2 is 1.38 bits per heavy atom. The first-order valence-electron chi connectivity index (χ1n) is 7.09. The number of ketones is 2. The first-order valence-corrected chi connectivity index (χ1v) is 7.09. The fraction of sp³-hybridized carbons (Fsp3) is 0.158. The number of hydrogen-bond donors (Lipinski definition) is 0. The van der Waals surface area contributed by atoms with Gasteiger partial charge in [-0.1, -0.05) is 36.4 Å². The largest absolute Gasteiger partial charge is 0.300 e. The van der Waals surface area contributed by atoms with Gasteiger partial charge in [0, 0.05) is 18.4 Å². The van der Waals surface area contributed by atoms with Gasteiger partial charge in [-0.25, -0.2) is 0 Å². The Balaban J connectivity index is 2.01. The molecular weight excluding hydrogens is 260 g/mol. The van der Waals surface area contributed by atoms with Crippen LogP contribution in [0, 0.1) is 0 Å². The SMILES string of the molecule is CC(=O)CCC(=O)c1ccc2cc3ccccc3cc2c1. The summed E-state index contributed by atoms with van der Waals surface area (Å²) in [6.07, 6.45) is 0.600. The summed E-state index contributed by atoms with van der Waals surface area (Å²) in [5.41, 5.74) is 0.680. The van der Waals surface area contributed by atoms with Gasteiger partial charge in [0.25, 0.3) is 0 Å². The van der Waals surface area contributed by atoms with Crippen molar-refractivity contribution in [2.24, 2.45) is 0 Å². The molecule has 104 valence electrons. The molecule has 0 spiro atoms. The third kappa shape index (κ3) is 2.84. The molecule has 0 unspecified atom stereocenters. The highest BCUT2D eigenvalue weighted by molar-refractivity contribution is 6.04. The van der Waals surface area contributed by atoms with E-state index in [1.54, 1.807) is 0 Å².